The molecule has 18 heavy (non-hydrogen) atoms. The van der Waals surface area contributed by atoms with Crippen molar-refractivity contribution >= 4 is 23.2 Å². The summed E-state index contributed by atoms with van der Waals surface area (Å²) >= 11 is 4.90. The average Bonchev–Trinajstić information content (AvgIpc) is 2.81. The molecule has 0 aliphatic rings. The first-order valence-electron chi connectivity index (χ1n) is 5.52. The third-order valence-electron chi connectivity index (χ3n) is 2.29. The molecule has 7 heteroatoms. The summed E-state index contributed by atoms with van der Waals surface area (Å²) in [7, 11) is 0. The average molecular weight is 262 g/mol. The minimum absolute atomic E-state index is 0.274. The van der Waals surface area contributed by atoms with Crippen molar-refractivity contribution in [2.24, 2.45) is 5.73 Å². The summed E-state index contributed by atoms with van der Waals surface area (Å²) in [5.41, 5.74) is 6.97. The highest BCUT2D eigenvalue weighted by Crippen LogP contribution is 2.04. The SMILES string of the molecule is Cc1cc(C(N)=S)nc(NCCn2cccn2)n1. The molecule has 0 bridgehead atoms. The smallest absolute Gasteiger partial charge is 0.223 e. The molecule has 0 saturated carbocycles. The fourth-order valence-corrected chi connectivity index (χ4v) is 1.59. The number of nitrogens with zero attached hydrogens (tertiary/aromatic N) is 4. The van der Waals surface area contributed by atoms with Crippen LogP contribution in [0.5, 0.6) is 0 Å². The topological polar surface area (TPSA) is 81.6 Å². The molecule has 2 aromatic rings. The van der Waals surface area contributed by atoms with Crippen LogP contribution in [-0.2, 0) is 6.54 Å². The van der Waals surface area contributed by atoms with Gasteiger partial charge in [0.1, 0.15) is 10.7 Å². The van der Waals surface area contributed by atoms with Gasteiger partial charge in [-0.2, -0.15) is 5.10 Å². The standard InChI is InChI=1S/C11H14N6S/c1-8-7-9(10(12)18)16-11(15-8)13-4-6-17-5-2-3-14-17/h2-3,5,7H,4,6H2,1H3,(H2,12,18)(H,13,15,16). The lowest BCUT2D eigenvalue weighted by molar-refractivity contribution is 0.636. The molecule has 0 saturated heterocycles. The second-order valence-electron chi connectivity index (χ2n) is 3.78. The summed E-state index contributed by atoms with van der Waals surface area (Å²) in [6.45, 7) is 3.30. The quantitative estimate of drug-likeness (QED) is 0.773. The van der Waals surface area contributed by atoms with E-state index in [1.807, 2.05) is 23.9 Å². The van der Waals surface area contributed by atoms with Gasteiger partial charge < -0.3 is 11.1 Å². The van der Waals surface area contributed by atoms with Gasteiger partial charge in [0.2, 0.25) is 5.95 Å². The largest absolute Gasteiger partial charge is 0.388 e. The zero-order chi connectivity index (χ0) is 13.0. The van der Waals surface area contributed by atoms with Crippen molar-refractivity contribution in [3.05, 3.63) is 35.9 Å². The maximum absolute atomic E-state index is 5.56. The molecule has 94 valence electrons. The Morgan fingerprint density at radius 2 is 2.33 bits per heavy atom. The fourth-order valence-electron chi connectivity index (χ4n) is 1.49. The van der Waals surface area contributed by atoms with E-state index in [0.717, 1.165) is 12.2 Å². The van der Waals surface area contributed by atoms with Crippen molar-refractivity contribution in [3.8, 4) is 0 Å². The number of hydrogen-bond acceptors (Lipinski definition) is 5. The number of rotatable bonds is 5. The number of anilines is 1. The van der Waals surface area contributed by atoms with Crippen LogP contribution in [0.25, 0.3) is 0 Å². The number of aryl methyl sites for hydroxylation is 1. The van der Waals surface area contributed by atoms with Crippen molar-refractivity contribution in [1.82, 2.24) is 19.7 Å². The summed E-state index contributed by atoms with van der Waals surface area (Å²) in [6, 6.07) is 3.65. The maximum Gasteiger partial charge on any atom is 0.223 e. The Morgan fingerprint density at radius 1 is 1.50 bits per heavy atom. The van der Waals surface area contributed by atoms with Crippen LogP contribution in [0.15, 0.2) is 24.5 Å². The molecular formula is C11H14N6S. The van der Waals surface area contributed by atoms with Crippen LogP contribution in [0.3, 0.4) is 0 Å². The van der Waals surface area contributed by atoms with E-state index >= 15 is 0 Å². The Kier molecular flexibility index (Phi) is 3.83. The van der Waals surface area contributed by atoms with E-state index < -0.39 is 0 Å². The van der Waals surface area contributed by atoms with Gasteiger partial charge >= 0.3 is 0 Å². The molecule has 2 rings (SSSR count). The zero-order valence-corrected chi connectivity index (χ0v) is 10.8. The van der Waals surface area contributed by atoms with E-state index in [1.54, 1.807) is 12.3 Å². The summed E-state index contributed by atoms with van der Waals surface area (Å²) < 4.78 is 1.83. The fraction of sp³-hybridized carbons (Fsp3) is 0.273. The second kappa shape index (κ2) is 5.54. The molecule has 0 unspecified atom stereocenters. The van der Waals surface area contributed by atoms with E-state index in [1.165, 1.54) is 0 Å². The molecule has 3 N–H and O–H groups in total. The highest BCUT2D eigenvalue weighted by atomic mass is 32.1. The van der Waals surface area contributed by atoms with Crippen molar-refractivity contribution < 1.29 is 0 Å². The van der Waals surface area contributed by atoms with Gasteiger partial charge in [-0.25, -0.2) is 9.97 Å². The summed E-state index contributed by atoms with van der Waals surface area (Å²) in [4.78, 5) is 8.78. The van der Waals surface area contributed by atoms with E-state index in [9.17, 15) is 0 Å². The van der Waals surface area contributed by atoms with Gasteiger partial charge in [-0.05, 0) is 19.1 Å². The highest BCUT2D eigenvalue weighted by molar-refractivity contribution is 7.80. The van der Waals surface area contributed by atoms with Crippen molar-refractivity contribution in [2.45, 2.75) is 13.5 Å². The molecule has 0 aromatic carbocycles. The first-order valence-corrected chi connectivity index (χ1v) is 5.93. The summed E-state index contributed by atoms with van der Waals surface area (Å²) in [5, 5.41) is 7.23. The van der Waals surface area contributed by atoms with E-state index in [-0.39, 0.29) is 4.99 Å². The maximum atomic E-state index is 5.56. The van der Waals surface area contributed by atoms with Crippen LogP contribution in [0.1, 0.15) is 11.4 Å². The molecule has 2 heterocycles. The van der Waals surface area contributed by atoms with Crippen molar-refractivity contribution in [1.29, 1.82) is 0 Å². The Morgan fingerprint density at radius 3 is 3.00 bits per heavy atom. The predicted molar refractivity (Wildman–Crippen MR) is 73.4 cm³/mol. The first kappa shape index (κ1) is 12.4. The van der Waals surface area contributed by atoms with E-state index in [0.29, 0.717) is 18.2 Å². The molecule has 0 amide bonds. The number of aromatic nitrogens is 4. The molecular weight excluding hydrogens is 248 g/mol. The van der Waals surface area contributed by atoms with Gasteiger partial charge in [0, 0.05) is 24.6 Å². The molecule has 0 atom stereocenters. The van der Waals surface area contributed by atoms with Gasteiger partial charge in [0.05, 0.1) is 6.54 Å². The van der Waals surface area contributed by atoms with Gasteiger partial charge in [0.15, 0.2) is 0 Å². The minimum atomic E-state index is 0.274. The van der Waals surface area contributed by atoms with Gasteiger partial charge in [-0.15, -0.1) is 0 Å². The lowest BCUT2D eigenvalue weighted by Crippen LogP contribution is -2.17. The lowest BCUT2D eigenvalue weighted by atomic mass is 10.3. The van der Waals surface area contributed by atoms with Crippen molar-refractivity contribution in [2.75, 3.05) is 11.9 Å². The van der Waals surface area contributed by atoms with Crippen LogP contribution in [0.2, 0.25) is 0 Å². The van der Waals surface area contributed by atoms with Crippen LogP contribution < -0.4 is 11.1 Å². The van der Waals surface area contributed by atoms with E-state index in [4.69, 9.17) is 18.0 Å². The normalized spacial score (nSPS) is 10.3. The molecule has 0 aliphatic carbocycles. The third-order valence-corrected chi connectivity index (χ3v) is 2.50. The second-order valence-corrected chi connectivity index (χ2v) is 4.22. The van der Waals surface area contributed by atoms with Gasteiger partial charge in [-0.1, -0.05) is 12.2 Å². The number of nitrogens with two attached hydrogens (primary N) is 1. The monoisotopic (exact) mass is 262 g/mol. The summed E-state index contributed by atoms with van der Waals surface area (Å²) in [5.74, 6) is 0.532. The van der Waals surface area contributed by atoms with Crippen LogP contribution in [-0.4, -0.2) is 31.3 Å². The zero-order valence-electron chi connectivity index (χ0n) is 10.00. The molecule has 0 spiro atoms. The van der Waals surface area contributed by atoms with Gasteiger partial charge in [-0.3, -0.25) is 4.68 Å². The van der Waals surface area contributed by atoms with Crippen molar-refractivity contribution in [3.63, 3.8) is 0 Å². The molecule has 0 fully saturated rings. The van der Waals surface area contributed by atoms with Crippen LogP contribution in [0, 0.1) is 6.92 Å². The number of hydrogen-bond donors (Lipinski definition) is 2. The van der Waals surface area contributed by atoms with Crippen LogP contribution in [0.4, 0.5) is 5.95 Å². The Bertz CT molecular complexity index is 536. The van der Waals surface area contributed by atoms with Crippen LogP contribution >= 0.6 is 12.2 Å². The predicted octanol–water partition coefficient (Wildman–Crippen LogP) is 0.728. The molecule has 0 aliphatic heterocycles. The molecule has 6 nitrogen and oxygen atoms in total. The minimum Gasteiger partial charge on any atom is -0.388 e. The third kappa shape index (κ3) is 3.24. The first-order chi connectivity index (χ1) is 8.65. The Hall–Kier alpha value is -2.02. The van der Waals surface area contributed by atoms with E-state index in [2.05, 4.69) is 20.4 Å². The Labute approximate surface area is 110 Å². The Balaban J connectivity index is 1.98. The number of nitrogens with one attached hydrogen (secondary N) is 1. The molecule has 0 radical (unpaired) electrons. The highest BCUT2D eigenvalue weighted by Gasteiger charge is 2.03. The van der Waals surface area contributed by atoms with Gasteiger partial charge in [0.25, 0.3) is 0 Å². The number of thiocarbonyl (C=S) groups is 1. The lowest BCUT2D eigenvalue weighted by Gasteiger charge is -2.07. The molecule has 2 aromatic heterocycles. The summed E-state index contributed by atoms with van der Waals surface area (Å²) in [6.07, 6.45) is 3.65.